The van der Waals surface area contributed by atoms with Gasteiger partial charge in [-0.1, -0.05) is 51.5 Å². The van der Waals surface area contributed by atoms with Crippen molar-refractivity contribution in [1.82, 2.24) is 0 Å². The average Bonchev–Trinajstić information content (AvgIpc) is 2.34. The number of hydrogen-bond donors (Lipinski definition) is 0. The first kappa shape index (κ1) is 16.3. The molecule has 0 spiro atoms. The summed E-state index contributed by atoms with van der Waals surface area (Å²) in [6.07, 6.45) is 8.02. The molecule has 16 heavy (non-hydrogen) atoms. The molecular formula is C11H26O3Si2. The normalized spacial score (nSPS) is 12.0. The third-order valence-electron chi connectivity index (χ3n) is 2.68. The van der Waals surface area contributed by atoms with E-state index in [1.165, 1.54) is 44.6 Å². The van der Waals surface area contributed by atoms with Crippen molar-refractivity contribution in [3.63, 3.8) is 0 Å². The molecule has 2 radical (unpaired) electrons. The van der Waals surface area contributed by atoms with Gasteiger partial charge in [-0.15, -0.1) is 0 Å². The molecule has 0 aromatic rings. The number of hydrogen-bond acceptors (Lipinski definition) is 3. The highest BCUT2D eigenvalue weighted by Gasteiger charge is 2.36. The Hall–Kier alpha value is 0.314. The number of rotatable bonds is 11. The summed E-state index contributed by atoms with van der Waals surface area (Å²) in [5, 5.41) is 0. The molecule has 5 heteroatoms. The molecule has 0 aromatic heterocycles. The van der Waals surface area contributed by atoms with Crippen LogP contribution < -0.4 is 0 Å². The lowest BCUT2D eigenvalue weighted by molar-refractivity contribution is 0.148. The Kier molecular flexibility index (Phi) is 10.7. The quantitative estimate of drug-likeness (QED) is 0.423. The maximum absolute atomic E-state index is 5.39. The van der Waals surface area contributed by atoms with Crippen LogP contribution >= 0.6 is 0 Å². The largest absolute Gasteiger partial charge is 0.463 e. The fraction of sp³-hybridized carbons (Fsp3) is 1.00. The van der Waals surface area contributed by atoms with Crippen LogP contribution in [0.3, 0.4) is 0 Å². The van der Waals surface area contributed by atoms with Gasteiger partial charge >= 0.3 is 8.32 Å². The summed E-state index contributed by atoms with van der Waals surface area (Å²) in [4.78, 5) is 0. The summed E-state index contributed by atoms with van der Waals surface area (Å²) in [5.41, 5.74) is 0. The molecule has 0 fully saturated rings. The van der Waals surface area contributed by atoms with Crippen LogP contribution in [-0.2, 0) is 13.3 Å². The monoisotopic (exact) mass is 262 g/mol. The molecule has 3 nitrogen and oxygen atoms in total. The molecule has 0 saturated carbocycles. The smallest absolute Gasteiger partial charge is 0.380 e. The van der Waals surface area contributed by atoms with E-state index < -0.39 is 8.32 Å². The maximum Gasteiger partial charge on any atom is 0.463 e. The van der Waals surface area contributed by atoms with Crippen molar-refractivity contribution >= 4 is 17.4 Å². The Morgan fingerprint density at radius 1 is 0.812 bits per heavy atom. The molecule has 0 bridgehead atoms. The van der Waals surface area contributed by atoms with E-state index in [0.717, 1.165) is 0 Å². The maximum atomic E-state index is 5.39. The van der Waals surface area contributed by atoms with Crippen molar-refractivity contribution in [2.24, 2.45) is 0 Å². The molecule has 0 heterocycles. The predicted octanol–water partition coefficient (Wildman–Crippen LogP) is 2.84. The average molecular weight is 262 g/mol. The van der Waals surface area contributed by atoms with Gasteiger partial charge in [0.1, 0.15) is 9.04 Å². The van der Waals surface area contributed by atoms with Crippen LogP contribution in [0.2, 0.25) is 6.04 Å². The van der Waals surface area contributed by atoms with E-state index in [-0.39, 0.29) is 0 Å². The summed E-state index contributed by atoms with van der Waals surface area (Å²) in [5.74, 6) is 0. The molecule has 96 valence electrons. The first-order valence-corrected chi connectivity index (χ1v) is 10.1. The van der Waals surface area contributed by atoms with Crippen LogP contribution in [0, 0.1) is 0 Å². The molecular weight excluding hydrogens is 236 g/mol. The molecule has 0 unspecified atom stereocenters. The van der Waals surface area contributed by atoms with E-state index in [1.54, 1.807) is 21.3 Å². The first-order chi connectivity index (χ1) is 7.74. The van der Waals surface area contributed by atoms with Crippen LogP contribution in [0.15, 0.2) is 0 Å². The van der Waals surface area contributed by atoms with Crippen LogP contribution in [0.1, 0.15) is 45.4 Å². The molecule has 0 aliphatic heterocycles. The molecule has 0 aliphatic rings. The fourth-order valence-corrected chi connectivity index (χ4v) is 6.03. The zero-order valence-electron chi connectivity index (χ0n) is 11.2. The van der Waals surface area contributed by atoms with Crippen molar-refractivity contribution in [3.05, 3.63) is 0 Å². The highest BCUT2D eigenvalue weighted by molar-refractivity contribution is 7.14. The second-order valence-electron chi connectivity index (χ2n) is 3.86. The SMILES string of the molecule is CCCCCCCC[Si][Si](OC)(OC)OC. The Labute approximate surface area is 104 Å². The Morgan fingerprint density at radius 3 is 1.81 bits per heavy atom. The van der Waals surface area contributed by atoms with Gasteiger partial charge in [0.2, 0.25) is 0 Å². The van der Waals surface area contributed by atoms with E-state index in [9.17, 15) is 0 Å². The second-order valence-corrected chi connectivity index (χ2v) is 9.95. The van der Waals surface area contributed by atoms with Crippen molar-refractivity contribution < 1.29 is 13.3 Å². The number of unbranched alkanes of at least 4 members (excludes halogenated alkanes) is 5. The van der Waals surface area contributed by atoms with E-state index in [2.05, 4.69) is 6.92 Å². The Bertz CT molecular complexity index is 144. The molecule has 0 aliphatic carbocycles. The van der Waals surface area contributed by atoms with E-state index in [4.69, 9.17) is 13.3 Å². The van der Waals surface area contributed by atoms with Gasteiger partial charge in [-0.05, 0) is 0 Å². The molecule has 0 saturated heterocycles. The van der Waals surface area contributed by atoms with Gasteiger partial charge in [0.05, 0.1) is 0 Å². The lowest BCUT2D eigenvalue weighted by Gasteiger charge is -2.24. The van der Waals surface area contributed by atoms with Gasteiger partial charge in [-0.3, -0.25) is 0 Å². The third kappa shape index (κ3) is 6.80. The van der Waals surface area contributed by atoms with Gasteiger partial charge in [0.25, 0.3) is 0 Å². The minimum Gasteiger partial charge on any atom is -0.380 e. The van der Waals surface area contributed by atoms with E-state index in [0.29, 0.717) is 9.04 Å². The molecule has 0 rings (SSSR count). The van der Waals surface area contributed by atoms with Crippen LogP contribution in [-0.4, -0.2) is 38.7 Å². The predicted molar refractivity (Wildman–Crippen MR) is 70.7 cm³/mol. The zero-order valence-corrected chi connectivity index (χ0v) is 13.2. The van der Waals surface area contributed by atoms with Crippen molar-refractivity contribution in [2.45, 2.75) is 51.5 Å². The van der Waals surface area contributed by atoms with Gasteiger partial charge in [0, 0.05) is 21.3 Å². The van der Waals surface area contributed by atoms with E-state index >= 15 is 0 Å². The third-order valence-corrected chi connectivity index (χ3v) is 9.21. The van der Waals surface area contributed by atoms with E-state index in [1.807, 2.05) is 0 Å². The summed E-state index contributed by atoms with van der Waals surface area (Å²) in [6, 6.07) is 1.17. The molecule has 0 amide bonds. The van der Waals surface area contributed by atoms with Gasteiger partial charge in [-0.2, -0.15) is 0 Å². The van der Waals surface area contributed by atoms with Crippen LogP contribution in [0.4, 0.5) is 0 Å². The minimum atomic E-state index is -2.26. The topological polar surface area (TPSA) is 27.7 Å². The lowest BCUT2D eigenvalue weighted by atomic mass is 10.1. The molecule has 0 N–H and O–H groups in total. The van der Waals surface area contributed by atoms with Crippen LogP contribution in [0.5, 0.6) is 0 Å². The lowest BCUT2D eigenvalue weighted by Crippen LogP contribution is -2.49. The van der Waals surface area contributed by atoms with Crippen molar-refractivity contribution in [1.29, 1.82) is 0 Å². The van der Waals surface area contributed by atoms with Gasteiger partial charge < -0.3 is 13.3 Å². The highest BCUT2D eigenvalue weighted by Crippen LogP contribution is 2.11. The standard InChI is InChI=1S/C11H26O3Si2/c1-5-6-7-8-9-10-11-15-16(12-2,13-3)14-4/h5-11H2,1-4H3. The van der Waals surface area contributed by atoms with Gasteiger partial charge in [-0.25, -0.2) is 0 Å². The second kappa shape index (κ2) is 10.5. The summed E-state index contributed by atoms with van der Waals surface area (Å²) in [6.45, 7) is 2.25. The molecule has 0 aromatic carbocycles. The minimum absolute atomic E-state index is 0.678. The summed E-state index contributed by atoms with van der Waals surface area (Å²) in [7, 11) is 3.48. The highest BCUT2D eigenvalue weighted by atomic mass is 29.2. The first-order valence-electron chi connectivity index (χ1n) is 6.15. The van der Waals surface area contributed by atoms with Gasteiger partial charge in [0.15, 0.2) is 0 Å². The summed E-state index contributed by atoms with van der Waals surface area (Å²) >= 11 is 0. The summed E-state index contributed by atoms with van der Waals surface area (Å²) < 4.78 is 16.2. The zero-order chi connectivity index (χ0) is 12.3. The van der Waals surface area contributed by atoms with Crippen LogP contribution in [0.25, 0.3) is 0 Å². The van der Waals surface area contributed by atoms with Crippen molar-refractivity contribution in [3.8, 4) is 0 Å². The fourth-order valence-electron chi connectivity index (χ4n) is 1.61. The van der Waals surface area contributed by atoms with Crippen molar-refractivity contribution in [2.75, 3.05) is 21.3 Å². The molecule has 0 atom stereocenters. The Morgan fingerprint density at radius 2 is 1.31 bits per heavy atom. The Balaban J connectivity index is 3.48.